The van der Waals surface area contributed by atoms with Crippen molar-refractivity contribution in [3.8, 4) is 28.7 Å². The number of halogens is 2. The Hall–Kier alpha value is -7.17. The molecule has 0 fully saturated rings. The highest BCUT2D eigenvalue weighted by atomic mass is 35.5. The van der Waals surface area contributed by atoms with Gasteiger partial charge < -0.3 is 29.9 Å². The van der Waals surface area contributed by atoms with Crippen LogP contribution in [0.1, 0.15) is 51.1 Å². The number of likely N-dealkylation sites (N-methyl/N-ethyl adjacent to an activating group) is 1. The molecular weight excluding hydrogens is 855 g/mol. The highest BCUT2D eigenvalue weighted by molar-refractivity contribution is 6.42. The van der Waals surface area contributed by atoms with E-state index in [9.17, 15) is 29.4 Å². The molecule has 0 saturated carbocycles. The number of fused-ring (bicyclic) bond motifs is 2. The minimum absolute atomic E-state index is 0.00232. The lowest BCUT2D eigenvalue weighted by atomic mass is 9.89. The molecule has 2 heterocycles. The first-order valence-electron chi connectivity index (χ1n) is 20.3. The maximum Gasteiger partial charge on any atom is 0.326 e. The number of anilines is 1. The Balaban J connectivity index is 1.04. The number of nitrogens with zero attached hydrogens (tertiary/aromatic N) is 3. The zero-order valence-corrected chi connectivity index (χ0v) is 35.8. The summed E-state index contributed by atoms with van der Waals surface area (Å²) in [6.45, 7) is 0.248. The van der Waals surface area contributed by atoms with Crippen LogP contribution in [0.3, 0.4) is 0 Å². The standard InChI is InChI=1S/C50H40Cl2N4O8/c1-55-42-23-36-24-43(47(57)54-41(49(59)60)22-29-7-12-32(13-8-29)33-14-9-30(26-53)10-15-33)56(45(50(61)62)34-5-3-2-4-6-34)27-37(36)25-44(42)64-46(48(55)58)35-16-18-38(19-17-35)63-28-31-11-20-39(51)40(52)21-31/h2-21,23,25,41,43,45-46H,22,24,27-28H2,1H3,(H,54,57)(H,59,60)(H,61,62)/t41-,43?,45?,46?/m0/s1. The van der Waals surface area contributed by atoms with Crippen molar-refractivity contribution in [1.29, 1.82) is 5.26 Å². The van der Waals surface area contributed by atoms with E-state index < -0.39 is 42.1 Å². The summed E-state index contributed by atoms with van der Waals surface area (Å²) in [6, 6.07) is 37.1. The number of rotatable bonds is 13. The summed E-state index contributed by atoms with van der Waals surface area (Å²) < 4.78 is 12.3. The zero-order valence-electron chi connectivity index (χ0n) is 34.3. The quantitative estimate of drug-likeness (QED) is 0.102. The summed E-state index contributed by atoms with van der Waals surface area (Å²) in [6.07, 6.45) is -1.01. The molecule has 0 bridgehead atoms. The second-order valence-corrected chi connectivity index (χ2v) is 16.4. The number of carbonyl (C=O) groups excluding carboxylic acids is 2. The van der Waals surface area contributed by atoms with Gasteiger partial charge in [-0.05, 0) is 93.9 Å². The third-order valence-corrected chi connectivity index (χ3v) is 12.3. The van der Waals surface area contributed by atoms with Gasteiger partial charge in [0, 0.05) is 25.6 Å². The summed E-state index contributed by atoms with van der Waals surface area (Å²) >= 11 is 12.2. The highest BCUT2D eigenvalue weighted by Crippen LogP contribution is 2.43. The third kappa shape index (κ3) is 9.28. The Morgan fingerprint density at radius 1 is 0.828 bits per heavy atom. The van der Waals surface area contributed by atoms with Gasteiger partial charge in [-0.2, -0.15) is 5.26 Å². The molecular formula is C50H40Cl2N4O8. The van der Waals surface area contributed by atoms with Gasteiger partial charge in [-0.3, -0.25) is 19.3 Å². The number of ether oxygens (including phenoxy) is 2. The van der Waals surface area contributed by atoms with E-state index in [2.05, 4.69) is 11.4 Å². The average Bonchev–Trinajstić information content (AvgIpc) is 3.30. The first kappa shape index (κ1) is 43.5. The van der Waals surface area contributed by atoms with Crippen LogP contribution in [-0.2, 0) is 45.2 Å². The van der Waals surface area contributed by atoms with Crippen LogP contribution in [0.25, 0.3) is 11.1 Å². The van der Waals surface area contributed by atoms with Crippen molar-refractivity contribution in [3.05, 3.63) is 182 Å². The number of nitriles is 1. The minimum atomic E-state index is -1.34. The number of nitrogens with one attached hydrogen (secondary N) is 1. The molecule has 0 radical (unpaired) electrons. The number of carboxylic acid groups (broad SMARTS) is 2. The van der Waals surface area contributed by atoms with Crippen molar-refractivity contribution in [2.75, 3.05) is 11.9 Å². The van der Waals surface area contributed by atoms with Crippen LogP contribution in [0.2, 0.25) is 10.0 Å². The molecule has 3 unspecified atom stereocenters. The van der Waals surface area contributed by atoms with Gasteiger partial charge >= 0.3 is 11.9 Å². The summed E-state index contributed by atoms with van der Waals surface area (Å²) in [5, 5.41) is 33.8. The predicted octanol–water partition coefficient (Wildman–Crippen LogP) is 8.57. The van der Waals surface area contributed by atoms with Crippen LogP contribution in [0.4, 0.5) is 5.69 Å². The van der Waals surface area contributed by atoms with E-state index >= 15 is 0 Å². The van der Waals surface area contributed by atoms with E-state index in [0.717, 1.165) is 16.7 Å². The molecule has 0 spiro atoms. The fourth-order valence-electron chi connectivity index (χ4n) is 8.10. The van der Waals surface area contributed by atoms with Crippen LogP contribution in [0.15, 0.2) is 133 Å². The van der Waals surface area contributed by atoms with Crippen LogP contribution >= 0.6 is 23.2 Å². The van der Waals surface area contributed by atoms with Crippen LogP contribution in [0, 0.1) is 11.3 Å². The number of carbonyl (C=O) groups is 4. The molecule has 64 heavy (non-hydrogen) atoms. The molecule has 0 aliphatic carbocycles. The fraction of sp³-hybridized carbons (Fsp3) is 0.180. The summed E-state index contributed by atoms with van der Waals surface area (Å²) in [5.41, 5.74) is 6.65. The van der Waals surface area contributed by atoms with Crippen molar-refractivity contribution in [3.63, 3.8) is 0 Å². The Morgan fingerprint density at radius 3 is 2.14 bits per heavy atom. The predicted molar refractivity (Wildman–Crippen MR) is 240 cm³/mol. The molecule has 0 saturated heterocycles. The van der Waals surface area contributed by atoms with Gasteiger partial charge in [-0.15, -0.1) is 0 Å². The van der Waals surface area contributed by atoms with Gasteiger partial charge in [-0.1, -0.05) is 108 Å². The van der Waals surface area contributed by atoms with Crippen LogP contribution < -0.4 is 19.7 Å². The van der Waals surface area contributed by atoms with Gasteiger partial charge in [0.25, 0.3) is 5.91 Å². The van der Waals surface area contributed by atoms with Crippen molar-refractivity contribution in [2.45, 2.75) is 50.2 Å². The number of benzene rings is 6. The second-order valence-electron chi connectivity index (χ2n) is 15.6. The lowest BCUT2D eigenvalue weighted by molar-refractivity contribution is -0.149. The molecule has 12 nitrogen and oxygen atoms in total. The molecule has 4 atom stereocenters. The SMILES string of the molecule is CN1C(=O)C(c2ccc(OCc3ccc(Cl)c(Cl)c3)cc2)Oc2cc3c(cc21)CC(C(=O)N[C@@H](Cc1ccc(-c2ccc(C#N)cc2)cc1)C(=O)O)N(C(C(=O)O)c1ccccc1)C3. The molecule has 6 aromatic rings. The molecule has 3 N–H and O–H groups in total. The zero-order chi connectivity index (χ0) is 45.1. The van der Waals surface area contributed by atoms with Crippen molar-refractivity contribution >= 4 is 52.6 Å². The number of amides is 2. The van der Waals surface area contributed by atoms with E-state index in [1.807, 2.05) is 30.3 Å². The molecule has 6 aromatic carbocycles. The topological polar surface area (TPSA) is 169 Å². The largest absolute Gasteiger partial charge is 0.489 e. The third-order valence-electron chi connectivity index (χ3n) is 11.5. The Bertz CT molecular complexity index is 2780. The summed E-state index contributed by atoms with van der Waals surface area (Å²) in [5.74, 6) is -2.46. The van der Waals surface area contributed by atoms with Gasteiger partial charge in [0.15, 0.2) is 0 Å². The monoisotopic (exact) mass is 894 g/mol. The Labute approximate surface area is 378 Å². The van der Waals surface area contributed by atoms with E-state index in [0.29, 0.717) is 60.6 Å². The molecule has 8 rings (SSSR count). The fourth-order valence-corrected chi connectivity index (χ4v) is 8.42. The lowest BCUT2D eigenvalue weighted by Crippen LogP contribution is -2.56. The summed E-state index contributed by atoms with van der Waals surface area (Å²) in [7, 11) is 1.64. The smallest absolute Gasteiger partial charge is 0.326 e. The molecule has 0 aromatic heterocycles. The number of hydrogen-bond acceptors (Lipinski definition) is 8. The summed E-state index contributed by atoms with van der Waals surface area (Å²) in [4.78, 5) is 57.1. The molecule has 14 heteroatoms. The van der Waals surface area contributed by atoms with Crippen molar-refractivity contribution < 1.29 is 38.9 Å². The number of hydrogen-bond donors (Lipinski definition) is 3. The average molecular weight is 896 g/mol. The maximum absolute atomic E-state index is 14.4. The van der Waals surface area contributed by atoms with E-state index in [1.54, 1.807) is 115 Å². The Morgan fingerprint density at radius 2 is 1.50 bits per heavy atom. The van der Waals surface area contributed by atoms with Crippen molar-refractivity contribution in [1.82, 2.24) is 10.2 Å². The van der Waals surface area contributed by atoms with E-state index in [-0.39, 0.29) is 31.9 Å². The molecule has 2 amide bonds. The van der Waals surface area contributed by atoms with E-state index in [1.165, 1.54) is 4.90 Å². The second kappa shape index (κ2) is 18.7. The highest BCUT2D eigenvalue weighted by Gasteiger charge is 2.42. The van der Waals surface area contributed by atoms with Gasteiger partial charge in [0.05, 0.1) is 33.4 Å². The first-order chi connectivity index (χ1) is 30.9. The van der Waals surface area contributed by atoms with Crippen LogP contribution in [0.5, 0.6) is 11.5 Å². The van der Waals surface area contributed by atoms with Gasteiger partial charge in [0.2, 0.25) is 12.0 Å². The van der Waals surface area contributed by atoms with E-state index in [4.69, 9.17) is 37.9 Å². The lowest BCUT2D eigenvalue weighted by Gasteiger charge is -2.41. The number of aliphatic carboxylic acids is 2. The van der Waals surface area contributed by atoms with Crippen LogP contribution in [-0.4, -0.2) is 58.0 Å². The number of carboxylic acids is 2. The molecule has 2 aliphatic rings. The van der Waals surface area contributed by atoms with Gasteiger partial charge in [0.1, 0.15) is 30.2 Å². The first-order valence-corrected chi connectivity index (χ1v) is 21.0. The Kier molecular flexibility index (Phi) is 12.7. The van der Waals surface area contributed by atoms with Crippen molar-refractivity contribution in [2.24, 2.45) is 0 Å². The van der Waals surface area contributed by atoms with Gasteiger partial charge in [-0.25, -0.2) is 4.79 Å². The maximum atomic E-state index is 14.4. The normalized spacial score (nSPS) is 16.6. The minimum Gasteiger partial charge on any atom is -0.489 e. The molecule has 322 valence electrons. The molecule has 2 aliphatic heterocycles.